The van der Waals surface area contributed by atoms with Gasteiger partial charge in [-0.25, -0.2) is 14.4 Å². The number of halogens is 1. The second-order valence-electron chi connectivity index (χ2n) is 4.87. The van der Waals surface area contributed by atoms with Gasteiger partial charge in [0.05, 0.1) is 12.6 Å². The molecule has 3 rings (SSSR count). The number of aromatic nitrogens is 3. The molecule has 0 bridgehead atoms. The van der Waals surface area contributed by atoms with Crippen LogP contribution in [0.25, 0.3) is 22.6 Å². The molecular formula is C15H15FN4O. The summed E-state index contributed by atoms with van der Waals surface area (Å²) in [6, 6.07) is 8.47. The molecule has 1 aromatic carbocycles. The predicted molar refractivity (Wildman–Crippen MR) is 80.2 cm³/mol. The van der Waals surface area contributed by atoms with Gasteiger partial charge in [0, 0.05) is 19.7 Å². The van der Waals surface area contributed by atoms with Crippen molar-refractivity contribution >= 4 is 17.0 Å². The van der Waals surface area contributed by atoms with Crippen LogP contribution < -0.4 is 9.64 Å². The molecule has 0 aliphatic carbocycles. The average molecular weight is 286 g/mol. The van der Waals surface area contributed by atoms with E-state index in [1.807, 2.05) is 31.1 Å². The molecule has 0 spiro atoms. The second-order valence-corrected chi connectivity index (χ2v) is 4.87. The van der Waals surface area contributed by atoms with Crippen molar-refractivity contribution in [3.8, 4) is 17.1 Å². The molecule has 2 aromatic heterocycles. The summed E-state index contributed by atoms with van der Waals surface area (Å²) in [7, 11) is 5.28. The smallest absolute Gasteiger partial charge is 0.180 e. The number of nitrogens with zero attached hydrogens (tertiary/aromatic N) is 3. The highest BCUT2D eigenvalue weighted by Gasteiger charge is 2.10. The van der Waals surface area contributed by atoms with Crippen molar-refractivity contribution in [2.45, 2.75) is 0 Å². The van der Waals surface area contributed by atoms with E-state index in [2.05, 4.69) is 15.0 Å². The zero-order valence-electron chi connectivity index (χ0n) is 12.0. The average Bonchev–Trinajstić information content (AvgIpc) is 2.90. The summed E-state index contributed by atoms with van der Waals surface area (Å²) in [5.41, 5.74) is 2.20. The Morgan fingerprint density at radius 1 is 1.14 bits per heavy atom. The number of benzene rings is 1. The lowest BCUT2D eigenvalue weighted by Gasteiger charge is -2.09. The van der Waals surface area contributed by atoms with Gasteiger partial charge in [-0.3, -0.25) is 0 Å². The maximum atomic E-state index is 13.5. The van der Waals surface area contributed by atoms with Gasteiger partial charge < -0.3 is 14.6 Å². The molecule has 5 nitrogen and oxygen atoms in total. The van der Waals surface area contributed by atoms with Gasteiger partial charge in [-0.05, 0) is 30.3 Å². The van der Waals surface area contributed by atoms with Gasteiger partial charge in [0.2, 0.25) is 0 Å². The van der Waals surface area contributed by atoms with Crippen molar-refractivity contribution in [3.05, 3.63) is 36.1 Å². The lowest BCUT2D eigenvalue weighted by Crippen LogP contribution is -2.10. The highest BCUT2D eigenvalue weighted by atomic mass is 19.1. The summed E-state index contributed by atoms with van der Waals surface area (Å²) in [5.74, 6) is 1.25. The van der Waals surface area contributed by atoms with E-state index < -0.39 is 5.82 Å². The van der Waals surface area contributed by atoms with E-state index >= 15 is 0 Å². The van der Waals surface area contributed by atoms with E-state index in [-0.39, 0.29) is 5.75 Å². The maximum Gasteiger partial charge on any atom is 0.180 e. The number of rotatable bonds is 3. The van der Waals surface area contributed by atoms with Gasteiger partial charge in [-0.15, -0.1) is 0 Å². The Hall–Kier alpha value is -2.63. The number of anilines is 1. The molecular weight excluding hydrogens is 271 g/mol. The Kier molecular flexibility index (Phi) is 3.21. The number of nitrogens with one attached hydrogen (secondary N) is 1. The molecule has 2 heterocycles. The molecule has 0 radical (unpaired) electrons. The summed E-state index contributed by atoms with van der Waals surface area (Å²) in [6.07, 6.45) is 0. The highest BCUT2D eigenvalue weighted by Crippen LogP contribution is 2.26. The van der Waals surface area contributed by atoms with Gasteiger partial charge in [-0.1, -0.05) is 0 Å². The number of methoxy groups -OCH3 is 1. The summed E-state index contributed by atoms with van der Waals surface area (Å²) in [5, 5.41) is 0. The largest absolute Gasteiger partial charge is 0.494 e. The van der Waals surface area contributed by atoms with Crippen molar-refractivity contribution < 1.29 is 9.13 Å². The van der Waals surface area contributed by atoms with Crippen molar-refractivity contribution in [2.75, 3.05) is 26.1 Å². The van der Waals surface area contributed by atoms with Crippen LogP contribution in [-0.2, 0) is 0 Å². The predicted octanol–water partition coefficient (Wildman–Crippen LogP) is 2.84. The van der Waals surface area contributed by atoms with Crippen LogP contribution in [0.3, 0.4) is 0 Å². The van der Waals surface area contributed by atoms with Gasteiger partial charge in [0.15, 0.2) is 17.2 Å². The summed E-state index contributed by atoms with van der Waals surface area (Å²) < 4.78 is 18.5. The molecule has 0 atom stereocenters. The van der Waals surface area contributed by atoms with Crippen LogP contribution in [0.1, 0.15) is 0 Å². The van der Waals surface area contributed by atoms with Crippen molar-refractivity contribution in [1.29, 1.82) is 0 Å². The number of fused-ring (bicyclic) bond motifs is 1. The van der Waals surface area contributed by atoms with Crippen LogP contribution in [-0.4, -0.2) is 36.2 Å². The minimum Gasteiger partial charge on any atom is -0.494 e. The van der Waals surface area contributed by atoms with E-state index in [1.165, 1.54) is 13.2 Å². The van der Waals surface area contributed by atoms with Crippen LogP contribution in [0, 0.1) is 5.82 Å². The number of imidazole rings is 1. The molecule has 1 N–H and O–H groups in total. The zero-order chi connectivity index (χ0) is 15.0. The van der Waals surface area contributed by atoms with Gasteiger partial charge >= 0.3 is 0 Å². The third kappa shape index (κ3) is 2.40. The first-order valence-corrected chi connectivity index (χ1v) is 6.46. The number of hydrogen-bond donors (Lipinski definition) is 1. The van der Waals surface area contributed by atoms with Crippen molar-refractivity contribution in [1.82, 2.24) is 15.0 Å². The van der Waals surface area contributed by atoms with E-state index in [0.29, 0.717) is 11.5 Å². The number of ether oxygens (including phenoxy) is 1. The molecule has 21 heavy (non-hydrogen) atoms. The molecule has 0 saturated carbocycles. The SMILES string of the molecule is COc1cc(-c2nc3nc(N(C)C)ccc3[nH]2)ccc1F. The zero-order valence-corrected chi connectivity index (χ0v) is 12.0. The molecule has 0 fully saturated rings. The number of H-pyrrole nitrogens is 1. The molecule has 0 amide bonds. The first kappa shape index (κ1) is 13.4. The summed E-state index contributed by atoms with van der Waals surface area (Å²) in [4.78, 5) is 14.0. The Bertz CT molecular complexity index is 797. The van der Waals surface area contributed by atoms with E-state index in [9.17, 15) is 4.39 Å². The first-order valence-electron chi connectivity index (χ1n) is 6.46. The number of pyridine rings is 1. The quantitative estimate of drug-likeness (QED) is 0.804. The molecule has 6 heteroatoms. The monoisotopic (exact) mass is 286 g/mol. The standard InChI is InChI=1S/C15H15FN4O/c1-20(2)13-7-6-11-15(18-13)19-14(17-11)9-4-5-10(16)12(8-9)21-3/h4-8H,1-3H3,(H,17,18,19). The fourth-order valence-electron chi connectivity index (χ4n) is 2.08. The molecule has 0 aliphatic heterocycles. The second kappa shape index (κ2) is 5.05. The first-order chi connectivity index (χ1) is 10.1. The third-order valence-electron chi connectivity index (χ3n) is 3.21. The van der Waals surface area contributed by atoms with Gasteiger partial charge in [-0.2, -0.15) is 0 Å². The fourth-order valence-corrected chi connectivity index (χ4v) is 2.08. The van der Waals surface area contributed by atoms with Crippen LogP contribution in [0.5, 0.6) is 5.75 Å². The van der Waals surface area contributed by atoms with E-state index in [4.69, 9.17) is 4.74 Å². The number of aromatic amines is 1. The molecule has 3 aromatic rings. The van der Waals surface area contributed by atoms with E-state index in [1.54, 1.807) is 12.1 Å². The van der Waals surface area contributed by atoms with E-state index in [0.717, 1.165) is 16.9 Å². The lowest BCUT2D eigenvalue weighted by molar-refractivity contribution is 0.387. The summed E-state index contributed by atoms with van der Waals surface area (Å²) in [6.45, 7) is 0. The highest BCUT2D eigenvalue weighted by molar-refractivity contribution is 5.77. The molecule has 0 aliphatic rings. The van der Waals surface area contributed by atoms with Crippen LogP contribution in [0.2, 0.25) is 0 Å². The minimum absolute atomic E-state index is 0.190. The lowest BCUT2D eigenvalue weighted by atomic mass is 10.2. The van der Waals surface area contributed by atoms with Gasteiger partial charge in [0.1, 0.15) is 11.6 Å². The Morgan fingerprint density at radius 3 is 2.67 bits per heavy atom. The van der Waals surface area contributed by atoms with Crippen LogP contribution in [0.4, 0.5) is 10.2 Å². The minimum atomic E-state index is -0.398. The Balaban J connectivity index is 2.08. The maximum absolute atomic E-state index is 13.5. The molecule has 0 unspecified atom stereocenters. The van der Waals surface area contributed by atoms with Crippen molar-refractivity contribution in [2.24, 2.45) is 0 Å². The Morgan fingerprint density at radius 2 is 1.95 bits per heavy atom. The normalized spacial score (nSPS) is 10.9. The van der Waals surface area contributed by atoms with Crippen LogP contribution in [0.15, 0.2) is 30.3 Å². The van der Waals surface area contributed by atoms with Crippen molar-refractivity contribution in [3.63, 3.8) is 0 Å². The number of hydrogen-bond acceptors (Lipinski definition) is 4. The molecule has 108 valence electrons. The Labute approximate surface area is 121 Å². The van der Waals surface area contributed by atoms with Crippen LogP contribution >= 0.6 is 0 Å². The fraction of sp³-hybridized carbons (Fsp3) is 0.200. The topological polar surface area (TPSA) is 54.0 Å². The van der Waals surface area contributed by atoms with Gasteiger partial charge in [0.25, 0.3) is 0 Å². The summed E-state index contributed by atoms with van der Waals surface area (Å²) >= 11 is 0. The molecule has 0 saturated heterocycles. The third-order valence-corrected chi connectivity index (χ3v) is 3.21.